The summed E-state index contributed by atoms with van der Waals surface area (Å²) in [6, 6.07) is 8.88. The number of carbonyl (C=O) groups excluding carboxylic acids is 2. The minimum absolute atomic E-state index is 0.110. The van der Waals surface area contributed by atoms with Crippen LogP contribution in [0.3, 0.4) is 0 Å². The van der Waals surface area contributed by atoms with Crippen molar-refractivity contribution >= 4 is 18.2 Å². The molecule has 0 N–H and O–H groups in total. The molecule has 1 heterocycles. The van der Waals surface area contributed by atoms with E-state index < -0.39 is 17.6 Å². The number of carbonyl (C=O) groups is 2. The predicted molar refractivity (Wildman–Crippen MR) is 80.0 cm³/mol. The van der Waals surface area contributed by atoms with E-state index in [0.717, 1.165) is 5.56 Å². The molecule has 0 saturated carbocycles. The van der Waals surface area contributed by atoms with Crippen molar-refractivity contribution < 1.29 is 14.3 Å². The Bertz CT molecular complexity index is 552. The maximum absolute atomic E-state index is 12.3. The predicted octanol–water partition coefficient (Wildman–Crippen LogP) is 1.81. The summed E-state index contributed by atoms with van der Waals surface area (Å²) in [5.41, 5.74) is 0.556. The van der Waals surface area contributed by atoms with E-state index in [9.17, 15) is 9.59 Å². The molecule has 112 valence electrons. The zero-order valence-corrected chi connectivity index (χ0v) is 12.6. The largest absolute Gasteiger partial charge is 0.467 e. The minimum atomic E-state index is -0.676. The van der Waals surface area contributed by atoms with Crippen LogP contribution in [-0.4, -0.2) is 41.8 Å². The lowest BCUT2D eigenvalue weighted by molar-refractivity contribution is -0.150. The quantitative estimate of drug-likeness (QED) is 0.794. The highest BCUT2D eigenvalue weighted by Gasteiger charge is 2.36. The van der Waals surface area contributed by atoms with E-state index in [4.69, 9.17) is 4.74 Å². The zero-order valence-electron chi connectivity index (χ0n) is 12.6. The fourth-order valence-corrected chi connectivity index (χ4v) is 2.31. The van der Waals surface area contributed by atoms with Gasteiger partial charge in [0.2, 0.25) is 5.91 Å². The Morgan fingerprint density at radius 3 is 2.62 bits per heavy atom. The summed E-state index contributed by atoms with van der Waals surface area (Å²) >= 11 is 0. The first-order valence-corrected chi connectivity index (χ1v) is 6.91. The van der Waals surface area contributed by atoms with Gasteiger partial charge in [0.05, 0.1) is 25.4 Å². The van der Waals surface area contributed by atoms with Gasteiger partial charge >= 0.3 is 5.97 Å². The van der Waals surface area contributed by atoms with Gasteiger partial charge in [-0.2, -0.15) is 0 Å². The Morgan fingerprint density at radius 1 is 1.38 bits per heavy atom. The van der Waals surface area contributed by atoms with Crippen LogP contribution in [0, 0.1) is 0 Å². The molecular weight excluding hydrogens is 268 g/mol. The second-order valence-corrected chi connectivity index (χ2v) is 5.76. The van der Waals surface area contributed by atoms with E-state index in [1.54, 1.807) is 0 Å². The molecule has 1 aliphatic heterocycles. The van der Waals surface area contributed by atoms with Gasteiger partial charge in [0, 0.05) is 6.42 Å². The summed E-state index contributed by atoms with van der Waals surface area (Å²) in [5.74, 6) is -0.542. The van der Waals surface area contributed by atoms with Crippen molar-refractivity contribution in [2.24, 2.45) is 4.99 Å². The molecule has 1 aliphatic rings. The van der Waals surface area contributed by atoms with Crippen LogP contribution in [0.5, 0.6) is 0 Å². The van der Waals surface area contributed by atoms with Crippen LogP contribution >= 0.6 is 0 Å². The van der Waals surface area contributed by atoms with Gasteiger partial charge in [0.15, 0.2) is 0 Å². The molecule has 0 bridgehead atoms. The number of hydrogen-bond acceptors (Lipinski definition) is 4. The molecule has 1 aromatic rings. The van der Waals surface area contributed by atoms with E-state index in [2.05, 4.69) is 4.99 Å². The van der Waals surface area contributed by atoms with Crippen molar-refractivity contribution in [2.45, 2.75) is 38.3 Å². The summed E-state index contributed by atoms with van der Waals surface area (Å²) in [4.78, 5) is 30.1. The zero-order chi connectivity index (χ0) is 15.5. The van der Waals surface area contributed by atoms with Crippen molar-refractivity contribution in [3.8, 4) is 0 Å². The van der Waals surface area contributed by atoms with E-state index in [0.29, 0.717) is 6.42 Å². The second kappa shape index (κ2) is 6.08. The molecule has 21 heavy (non-hydrogen) atoms. The highest BCUT2D eigenvalue weighted by Crippen LogP contribution is 2.22. The standard InChI is InChI=1S/C16H20N2O3/c1-16(2)10-14(19)18(11-17-16)13(15(20)21-3)9-12-7-5-4-6-8-12/h4-8,11,13H,9-10H2,1-3H3/t13-/m0/s1. The van der Waals surface area contributed by atoms with E-state index >= 15 is 0 Å². The molecule has 0 radical (unpaired) electrons. The SMILES string of the molecule is COC(=O)[C@H](Cc1ccccc1)N1C=NC(C)(C)CC1=O. The summed E-state index contributed by atoms with van der Waals surface area (Å²) in [6.45, 7) is 3.78. The van der Waals surface area contributed by atoms with Gasteiger partial charge < -0.3 is 4.74 Å². The van der Waals surface area contributed by atoms with Crippen molar-refractivity contribution in [3.63, 3.8) is 0 Å². The number of methoxy groups -OCH3 is 1. The number of amides is 1. The van der Waals surface area contributed by atoms with Crippen LogP contribution in [0.2, 0.25) is 0 Å². The number of nitrogens with zero attached hydrogens (tertiary/aromatic N) is 2. The first-order valence-electron chi connectivity index (χ1n) is 6.91. The molecule has 0 aliphatic carbocycles. The lowest BCUT2D eigenvalue weighted by Crippen LogP contribution is -2.50. The number of ether oxygens (including phenoxy) is 1. The van der Waals surface area contributed by atoms with E-state index in [-0.39, 0.29) is 12.3 Å². The van der Waals surface area contributed by atoms with Gasteiger partial charge in [-0.15, -0.1) is 0 Å². The first kappa shape index (κ1) is 15.2. The molecule has 0 aromatic heterocycles. The van der Waals surface area contributed by atoms with Gasteiger partial charge in [0.1, 0.15) is 6.04 Å². The molecule has 1 atom stereocenters. The van der Waals surface area contributed by atoms with Crippen LogP contribution in [0.15, 0.2) is 35.3 Å². The summed E-state index contributed by atoms with van der Waals surface area (Å²) in [6.07, 6.45) is 2.16. The number of aliphatic imine (C=N–C) groups is 1. The second-order valence-electron chi connectivity index (χ2n) is 5.76. The molecule has 0 unspecified atom stereocenters. The maximum atomic E-state index is 12.3. The monoisotopic (exact) mass is 288 g/mol. The first-order chi connectivity index (χ1) is 9.93. The third-order valence-corrected chi connectivity index (χ3v) is 3.48. The molecule has 0 saturated heterocycles. The summed E-state index contributed by atoms with van der Waals surface area (Å²) < 4.78 is 4.84. The fourth-order valence-electron chi connectivity index (χ4n) is 2.31. The number of hydrogen-bond donors (Lipinski definition) is 0. The lowest BCUT2D eigenvalue weighted by atomic mass is 9.97. The highest BCUT2D eigenvalue weighted by molar-refractivity contribution is 5.95. The molecular formula is C16H20N2O3. The number of esters is 1. The fraction of sp³-hybridized carbons (Fsp3) is 0.438. The van der Waals surface area contributed by atoms with Gasteiger partial charge in [-0.05, 0) is 19.4 Å². The summed E-state index contributed by atoms with van der Waals surface area (Å²) in [7, 11) is 1.33. The highest BCUT2D eigenvalue weighted by atomic mass is 16.5. The molecule has 0 spiro atoms. The topological polar surface area (TPSA) is 59.0 Å². The average molecular weight is 288 g/mol. The number of rotatable bonds is 4. The van der Waals surface area contributed by atoms with Crippen LogP contribution in [0.25, 0.3) is 0 Å². The van der Waals surface area contributed by atoms with Crippen LogP contribution in [0.1, 0.15) is 25.8 Å². The van der Waals surface area contributed by atoms with Crippen LogP contribution in [-0.2, 0) is 20.7 Å². The van der Waals surface area contributed by atoms with Crippen molar-refractivity contribution in [3.05, 3.63) is 35.9 Å². The maximum Gasteiger partial charge on any atom is 0.329 e. The van der Waals surface area contributed by atoms with E-state index in [1.165, 1.54) is 18.3 Å². The van der Waals surface area contributed by atoms with Crippen molar-refractivity contribution in [1.82, 2.24) is 4.90 Å². The van der Waals surface area contributed by atoms with Gasteiger partial charge in [-0.3, -0.25) is 14.7 Å². The van der Waals surface area contributed by atoms with Gasteiger partial charge in [-0.25, -0.2) is 4.79 Å². The lowest BCUT2D eigenvalue weighted by Gasteiger charge is -2.33. The smallest absolute Gasteiger partial charge is 0.329 e. The number of benzene rings is 1. The van der Waals surface area contributed by atoms with Gasteiger partial charge in [0.25, 0.3) is 0 Å². The van der Waals surface area contributed by atoms with Crippen LogP contribution in [0.4, 0.5) is 0 Å². The van der Waals surface area contributed by atoms with E-state index in [1.807, 2.05) is 44.2 Å². The van der Waals surface area contributed by atoms with Gasteiger partial charge in [-0.1, -0.05) is 30.3 Å². The Balaban J connectivity index is 2.25. The molecule has 5 nitrogen and oxygen atoms in total. The van der Waals surface area contributed by atoms with Crippen molar-refractivity contribution in [2.75, 3.05) is 7.11 Å². The average Bonchev–Trinajstić information content (AvgIpc) is 2.45. The summed E-state index contributed by atoms with van der Waals surface area (Å²) in [5, 5.41) is 0. The normalized spacial score (nSPS) is 18.4. The Kier molecular flexibility index (Phi) is 4.40. The Hall–Kier alpha value is -2.17. The molecule has 1 aromatic carbocycles. The third kappa shape index (κ3) is 3.68. The molecule has 2 rings (SSSR count). The Labute approximate surface area is 124 Å². The minimum Gasteiger partial charge on any atom is -0.467 e. The van der Waals surface area contributed by atoms with Crippen molar-refractivity contribution in [1.29, 1.82) is 0 Å². The molecule has 5 heteroatoms. The van der Waals surface area contributed by atoms with Crippen LogP contribution < -0.4 is 0 Å². The molecule has 1 amide bonds. The molecule has 0 fully saturated rings. The third-order valence-electron chi connectivity index (χ3n) is 3.48. The Morgan fingerprint density at radius 2 is 2.05 bits per heavy atom.